The number of thiophene rings is 1. The van der Waals surface area contributed by atoms with E-state index in [0.717, 1.165) is 4.88 Å². The molecule has 0 saturated carbocycles. The number of carbonyl (C=O) groups excluding carboxylic acids is 2. The summed E-state index contributed by atoms with van der Waals surface area (Å²) in [6, 6.07) is 1.52. The maximum Gasteiger partial charge on any atom is 0.408 e. The maximum absolute atomic E-state index is 12.7. The van der Waals surface area contributed by atoms with E-state index in [9.17, 15) is 9.59 Å². The van der Waals surface area contributed by atoms with Crippen LogP contribution in [0.25, 0.3) is 0 Å². The van der Waals surface area contributed by atoms with Crippen molar-refractivity contribution in [3.63, 3.8) is 0 Å². The van der Waals surface area contributed by atoms with Crippen molar-refractivity contribution in [1.82, 2.24) is 10.2 Å². The highest BCUT2D eigenvalue weighted by molar-refractivity contribution is 7.16. The molecule has 3 N–H and O–H groups in total. The van der Waals surface area contributed by atoms with Gasteiger partial charge >= 0.3 is 6.09 Å². The third-order valence-corrected chi connectivity index (χ3v) is 5.00. The van der Waals surface area contributed by atoms with Crippen LogP contribution < -0.4 is 11.1 Å². The Morgan fingerprint density at radius 1 is 1.31 bits per heavy atom. The van der Waals surface area contributed by atoms with E-state index in [1.165, 1.54) is 11.3 Å². The van der Waals surface area contributed by atoms with Crippen molar-refractivity contribution in [1.29, 1.82) is 0 Å². The molecule has 1 saturated heterocycles. The molecular weight excluding hydrogens is 354 g/mol. The summed E-state index contributed by atoms with van der Waals surface area (Å²) in [5.74, 6) is 0.0278. The first kappa shape index (κ1) is 20.5. The van der Waals surface area contributed by atoms with Crippen molar-refractivity contribution >= 4 is 28.3 Å². The van der Waals surface area contributed by atoms with Crippen LogP contribution in [0.2, 0.25) is 0 Å². The summed E-state index contributed by atoms with van der Waals surface area (Å²) in [5.41, 5.74) is 6.03. The molecule has 26 heavy (non-hydrogen) atoms. The summed E-state index contributed by atoms with van der Waals surface area (Å²) >= 11 is 1.33. The van der Waals surface area contributed by atoms with E-state index >= 15 is 0 Å². The highest BCUT2D eigenvalue weighted by Crippen LogP contribution is 2.34. The van der Waals surface area contributed by atoms with Crippen molar-refractivity contribution in [3.8, 4) is 0 Å². The molecule has 0 radical (unpaired) electrons. The molecule has 146 valence electrons. The first-order valence-corrected chi connectivity index (χ1v) is 9.66. The normalized spacial score (nSPS) is 16.5. The van der Waals surface area contributed by atoms with Crippen molar-refractivity contribution in [2.24, 2.45) is 5.92 Å². The van der Waals surface area contributed by atoms with Gasteiger partial charge in [0.05, 0.1) is 29.8 Å². The first-order chi connectivity index (χ1) is 12.1. The monoisotopic (exact) mass is 383 g/mol. The number of nitrogens with zero attached hydrogens (tertiary/aromatic N) is 1. The Hall–Kier alpha value is -1.80. The van der Waals surface area contributed by atoms with E-state index in [2.05, 4.69) is 5.32 Å². The van der Waals surface area contributed by atoms with Crippen LogP contribution in [0.5, 0.6) is 0 Å². The van der Waals surface area contributed by atoms with Crippen molar-refractivity contribution in [3.05, 3.63) is 16.5 Å². The van der Waals surface area contributed by atoms with Crippen LogP contribution in [-0.4, -0.2) is 48.8 Å². The van der Waals surface area contributed by atoms with Gasteiger partial charge in [0.15, 0.2) is 0 Å². The van der Waals surface area contributed by atoms with Crippen LogP contribution in [0.3, 0.4) is 0 Å². The van der Waals surface area contributed by atoms with Gasteiger partial charge in [-0.05, 0) is 32.8 Å². The number of nitrogens with one attached hydrogen (secondary N) is 1. The van der Waals surface area contributed by atoms with Gasteiger partial charge in [-0.25, -0.2) is 4.79 Å². The highest BCUT2D eigenvalue weighted by atomic mass is 32.1. The smallest absolute Gasteiger partial charge is 0.408 e. The number of alkyl carbamates (subject to hydrolysis) is 1. The average molecular weight is 384 g/mol. The van der Waals surface area contributed by atoms with Gasteiger partial charge in [0.25, 0.3) is 5.91 Å². The number of hydrogen-bond acceptors (Lipinski definition) is 6. The van der Waals surface area contributed by atoms with E-state index in [0.29, 0.717) is 36.9 Å². The second-order valence-corrected chi connectivity index (χ2v) is 8.81. The summed E-state index contributed by atoms with van der Waals surface area (Å²) in [6.07, 6.45) is -0.482. The number of ether oxygens (including phenoxy) is 2. The molecule has 2 heterocycles. The highest BCUT2D eigenvalue weighted by Gasteiger charge is 2.28. The molecule has 1 fully saturated rings. The second kappa shape index (κ2) is 8.26. The molecule has 1 aliphatic heterocycles. The zero-order valence-corrected chi connectivity index (χ0v) is 16.9. The number of hydrogen-bond donors (Lipinski definition) is 2. The number of amides is 2. The number of carbonyl (C=O) groups is 2. The van der Waals surface area contributed by atoms with E-state index in [1.807, 2.05) is 34.6 Å². The molecule has 2 rings (SSSR count). The Kier molecular flexibility index (Phi) is 6.52. The van der Waals surface area contributed by atoms with E-state index in [4.69, 9.17) is 15.2 Å². The molecule has 7 nitrogen and oxygen atoms in total. The fourth-order valence-corrected chi connectivity index (χ4v) is 3.83. The minimum absolute atomic E-state index is 0.0897. The van der Waals surface area contributed by atoms with Gasteiger partial charge in [0.1, 0.15) is 5.60 Å². The van der Waals surface area contributed by atoms with Crippen LogP contribution >= 0.6 is 11.3 Å². The number of anilines is 1. The van der Waals surface area contributed by atoms with Gasteiger partial charge in [-0.3, -0.25) is 4.79 Å². The SMILES string of the molecule is CC(C)[C@@H](NC(=O)OC(C)(C)C)c1cc(C(=O)N2CCOCC2)c(N)s1. The minimum Gasteiger partial charge on any atom is -0.444 e. The molecule has 2 amide bonds. The fourth-order valence-electron chi connectivity index (χ4n) is 2.68. The number of nitrogens with two attached hydrogens (primary N) is 1. The Bertz CT molecular complexity index is 645. The summed E-state index contributed by atoms with van der Waals surface area (Å²) < 4.78 is 10.6. The predicted octanol–water partition coefficient (Wildman–Crippen LogP) is 3.02. The zero-order chi connectivity index (χ0) is 19.5. The standard InChI is InChI=1S/C18H29N3O4S/c1-11(2)14(20-17(23)25-18(3,4)5)13-10-12(15(19)26-13)16(22)21-6-8-24-9-7-21/h10-11,14H,6-9,19H2,1-5H3,(H,20,23)/t14-/m1/s1. The Morgan fingerprint density at radius 2 is 1.92 bits per heavy atom. The van der Waals surface area contributed by atoms with Gasteiger partial charge in [-0.1, -0.05) is 13.8 Å². The minimum atomic E-state index is -0.572. The van der Waals surface area contributed by atoms with Crippen LogP contribution in [0.15, 0.2) is 6.07 Å². The van der Waals surface area contributed by atoms with E-state index in [-0.39, 0.29) is 17.9 Å². The van der Waals surface area contributed by atoms with Crippen LogP contribution in [0, 0.1) is 5.92 Å². The Labute approximate surface area is 158 Å². The molecular formula is C18H29N3O4S. The number of rotatable bonds is 4. The second-order valence-electron chi connectivity index (χ2n) is 7.70. The summed E-state index contributed by atoms with van der Waals surface area (Å²) in [6.45, 7) is 11.7. The van der Waals surface area contributed by atoms with Crippen LogP contribution in [0.4, 0.5) is 9.80 Å². The molecule has 0 bridgehead atoms. The van der Waals surface area contributed by atoms with Crippen molar-refractivity contribution in [2.45, 2.75) is 46.3 Å². The zero-order valence-electron chi connectivity index (χ0n) is 16.1. The number of morpholine rings is 1. The molecule has 1 aromatic rings. The van der Waals surface area contributed by atoms with Crippen molar-refractivity contribution < 1.29 is 19.1 Å². The van der Waals surface area contributed by atoms with Gasteiger partial charge in [-0.2, -0.15) is 0 Å². The quantitative estimate of drug-likeness (QED) is 0.833. The fraction of sp³-hybridized carbons (Fsp3) is 0.667. The summed E-state index contributed by atoms with van der Waals surface area (Å²) in [4.78, 5) is 27.5. The lowest BCUT2D eigenvalue weighted by molar-refractivity contribution is 0.0304. The Morgan fingerprint density at radius 3 is 2.46 bits per heavy atom. The van der Waals surface area contributed by atoms with Gasteiger partial charge < -0.3 is 25.4 Å². The molecule has 0 aromatic carbocycles. The molecule has 1 aliphatic rings. The molecule has 0 aliphatic carbocycles. The lowest BCUT2D eigenvalue weighted by Gasteiger charge is -2.26. The van der Waals surface area contributed by atoms with Crippen LogP contribution in [0.1, 0.15) is 55.9 Å². The molecule has 8 heteroatoms. The van der Waals surface area contributed by atoms with Crippen molar-refractivity contribution in [2.75, 3.05) is 32.0 Å². The topological polar surface area (TPSA) is 93.9 Å². The van der Waals surface area contributed by atoms with E-state index in [1.54, 1.807) is 11.0 Å². The van der Waals surface area contributed by atoms with Gasteiger partial charge in [0.2, 0.25) is 0 Å². The number of nitrogen functional groups attached to an aromatic ring is 1. The maximum atomic E-state index is 12.7. The van der Waals surface area contributed by atoms with E-state index < -0.39 is 11.7 Å². The predicted molar refractivity (Wildman–Crippen MR) is 102 cm³/mol. The van der Waals surface area contributed by atoms with Gasteiger partial charge in [-0.15, -0.1) is 11.3 Å². The van der Waals surface area contributed by atoms with Gasteiger partial charge in [0, 0.05) is 18.0 Å². The average Bonchev–Trinajstić information content (AvgIpc) is 2.92. The molecule has 1 atom stereocenters. The lowest BCUT2D eigenvalue weighted by atomic mass is 10.0. The lowest BCUT2D eigenvalue weighted by Crippen LogP contribution is -2.40. The molecule has 1 aromatic heterocycles. The largest absolute Gasteiger partial charge is 0.444 e. The molecule has 0 unspecified atom stereocenters. The Balaban J connectivity index is 2.17. The molecule has 0 spiro atoms. The summed E-state index contributed by atoms with van der Waals surface area (Å²) in [7, 11) is 0. The first-order valence-electron chi connectivity index (χ1n) is 8.84. The third kappa shape index (κ3) is 5.35. The third-order valence-electron chi connectivity index (χ3n) is 3.95. The van der Waals surface area contributed by atoms with Crippen LogP contribution in [-0.2, 0) is 9.47 Å². The summed E-state index contributed by atoms with van der Waals surface area (Å²) in [5, 5.41) is 3.36.